The number of hydrogen-bond acceptors (Lipinski definition) is 3. The third-order valence-electron chi connectivity index (χ3n) is 6.28. The Morgan fingerprint density at radius 3 is 2.34 bits per heavy atom. The second kappa shape index (κ2) is 9.03. The first-order chi connectivity index (χ1) is 15.4. The molecule has 4 rings (SSSR count). The summed E-state index contributed by atoms with van der Waals surface area (Å²) in [7, 11) is 3.52. The molecule has 1 N–H and O–H groups in total. The number of nitrogens with zero attached hydrogens (tertiary/aromatic N) is 2. The van der Waals surface area contributed by atoms with Gasteiger partial charge in [-0.2, -0.15) is 0 Å². The van der Waals surface area contributed by atoms with Gasteiger partial charge in [0.15, 0.2) is 0 Å². The van der Waals surface area contributed by atoms with Crippen LogP contribution in [-0.4, -0.2) is 48.8 Å². The molecule has 166 valence electrons. The lowest BCUT2D eigenvalue weighted by Crippen LogP contribution is -2.35. The zero-order chi connectivity index (χ0) is 22.8. The third-order valence-corrected chi connectivity index (χ3v) is 6.28. The van der Waals surface area contributed by atoms with Crippen molar-refractivity contribution in [3.63, 3.8) is 0 Å². The van der Waals surface area contributed by atoms with Crippen molar-refractivity contribution >= 4 is 34.0 Å². The monoisotopic (exact) mass is 429 g/mol. The van der Waals surface area contributed by atoms with Crippen LogP contribution >= 0.6 is 0 Å². The van der Waals surface area contributed by atoms with E-state index in [2.05, 4.69) is 24.4 Å². The lowest BCUT2D eigenvalue weighted by molar-refractivity contribution is 0.0726. The molecule has 0 aromatic heterocycles. The second-order valence-electron chi connectivity index (χ2n) is 8.87. The molecule has 0 unspecified atom stereocenters. The van der Waals surface area contributed by atoms with E-state index in [9.17, 15) is 9.59 Å². The summed E-state index contributed by atoms with van der Waals surface area (Å²) in [5.74, 6) is 0.0964. The molecule has 2 amide bonds. The van der Waals surface area contributed by atoms with Crippen LogP contribution in [0.4, 0.5) is 11.4 Å². The molecule has 0 aliphatic carbocycles. The van der Waals surface area contributed by atoms with Gasteiger partial charge >= 0.3 is 0 Å². The topological polar surface area (TPSA) is 52.7 Å². The highest BCUT2D eigenvalue weighted by Gasteiger charge is 2.22. The molecule has 0 radical (unpaired) electrons. The van der Waals surface area contributed by atoms with Crippen molar-refractivity contribution in [2.75, 3.05) is 32.5 Å². The molecule has 1 fully saturated rings. The molecule has 5 nitrogen and oxygen atoms in total. The number of amides is 2. The molecule has 3 aromatic carbocycles. The van der Waals surface area contributed by atoms with E-state index >= 15 is 0 Å². The Balaban J connectivity index is 1.74. The number of carbonyl (C=O) groups excluding carboxylic acids is 2. The molecule has 1 saturated heterocycles. The highest BCUT2D eigenvalue weighted by atomic mass is 16.2. The minimum atomic E-state index is -0.0191. The standard InChI is InChI=1S/C27H31N3O2/c1-18-11-12-20(17-23(18)26(31)29(3)4)28-24-14-13-22(25-19(2)9-8-10-21(24)25)27(32)30-15-6-5-7-16-30/h8-14,17,28H,5-7,15-16H2,1-4H3. The van der Waals surface area contributed by atoms with Gasteiger partial charge in [-0.15, -0.1) is 0 Å². The average Bonchev–Trinajstić information content (AvgIpc) is 2.80. The van der Waals surface area contributed by atoms with E-state index in [0.717, 1.165) is 64.8 Å². The van der Waals surface area contributed by atoms with Gasteiger partial charge in [-0.05, 0) is 73.9 Å². The molecule has 0 spiro atoms. The SMILES string of the molecule is Cc1ccc(Nc2ccc(C(=O)N3CCCCC3)c3c(C)cccc23)cc1C(=O)N(C)C. The number of carbonyl (C=O) groups is 2. The van der Waals surface area contributed by atoms with Gasteiger partial charge in [0.05, 0.1) is 0 Å². The summed E-state index contributed by atoms with van der Waals surface area (Å²) in [6.07, 6.45) is 3.34. The summed E-state index contributed by atoms with van der Waals surface area (Å²) >= 11 is 0. The molecule has 1 aliphatic rings. The first kappa shape index (κ1) is 21.9. The highest BCUT2D eigenvalue weighted by Crippen LogP contribution is 2.33. The smallest absolute Gasteiger partial charge is 0.254 e. The van der Waals surface area contributed by atoms with Crippen molar-refractivity contribution in [2.24, 2.45) is 0 Å². The Morgan fingerprint density at radius 2 is 1.62 bits per heavy atom. The van der Waals surface area contributed by atoms with Gasteiger partial charge in [-0.1, -0.05) is 24.3 Å². The second-order valence-corrected chi connectivity index (χ2v) is 8.87. The van der Waals surface area contributed by atoms with Gasteiger partial charge in [0, 0.05) is 55.1 Å². The van der Waals surface area contributed by atoms with Crippen molar-refractivity contribution in [3.8, 4) is 0 Å². The lowest BCUT2D eigenvalue weighted by atomic mass is 9.96. The maximum Gasteiger partial charge on any atom is 0.254 e. The summed E-state index contributed by atoms with van der Waals surface area (Å²) in [6.45, 7) is 5.66. The molecule has 1 aliphatic heterocycles. The van der Waals surface area contributed by atoms with Gasteiger partial charge < -0.3 is 15.1 Å². The maximum atomic E-state index is 13.3. The molecule has 0 bridgehead atoms. The van der Waals surface area contributed by atoms with Crippen molar-refractivity contribution in [2.45, 2.75) is 33.1 Å². The van der Waals surface area contributed by atoms with Gasteiger partial charge in [-0.25, -0.2) is 0 Å². The minimum Gasteiger partial charge on any atom is -0.355 e. The third kappa shape index (κ3) is 4.20. The Hall–Kier alpha value is -3.34. The normalized spacial score (nSPS) is 13.8. The Morgan fingerprint density at radius 1 is 0.875 bits per heavy atom. The van der Waals surface area contributed by atoms with Gasteiger partial charge in [0.1, 0.15) is 0 Å². The molecular formula is C27H31N3O2. The van der Waals surface area contributed by atoms with E-state index in [-0.39, 0.29) is 11.8 Å². The van der Waals surface area contributed by atoms with E-state index in [1.165, 1.54) is 6.42 Å². The Bertz CT molecular complexity index is 1180. The van der Waals surface area contributed by atoms with Crippen molar-refractivity contribution in [1.82, 2.24) is 9.80 Å². The number of fused-ring (bicyclic) bond motifs is 1. The Kier molecular flexibility index (Phi) is 6.17. The molecule has 0 atom stereocenters. The van der Waals surface area contributed by atoms with Gasteiger partial charge in [0.25, 0.3) is 11.8 Å². The molecule has 5 heteroatoms. The number of benzene rings is 3. The largest absolute Gasteiger partial charge is 0.355 e. The molecular weight excluding hydrogens is 398 g/mol. The van der Waals surface area contributed by atoms with Crippen LogP contribution in [0.15, 0.2) is 48.5 Å². The predicted molar refractivity (Wildman–Crippen MR) is 131 cm³/mol. The Labute approximate surface area is 190 Å². The predicted octanol–water partition coefficient (Wildman–Crippen LogP) is 5.53. The fourth-order valence-corrected chi connectivity index (χ4v) is 4.47. The van der Waals surface area contributed by atoms with Crippen LogP contribution < -0.4 is 5.32 Å². The molecule has 1 heterocycles. The number of nitrogens with one attached hydrogen (secondary N) is 1. The van der Waals surface area contributed by atoms with E-state index in [1.54, 1.807) is 19.0 Å². The molecule has 3 aromatic rings. The summed E-state index contributed by atoms with van der Waals surface area (Å²) in [6, 6.07) is 15.9. The van der Waals surface area contributed by atoms with Crippen LogP contribution in [0.2, 0.25) is 0 Å². The van der Waals surface area contributed by atoms with Crippen molar-refractivity contribution in [3.05, 3.63) is 70.8 Å². The van der Waals surface area contributed by atoms with E-state index in [1.807, 2.05) is 48.2 Å². The van der Waals surface area contributed by atoms with Crippen LogP contribution in [0, 0.1) is 13.8 Å². The minimum absolute atomic E-state index is 0.0191. The van der Waals surface area contributed by atoms with Gasteiger partial charge in [-0.3, -0.25) is 9.59 Å². The van der Waals surface area contributed by atoms with E-state index < -0.39 is 0 Å². The summed E-state index contributed by atoms with van der Waals surface area (Å²) in [4.78, 5) is 29.4. The van der Waals surface area contributed by atoms with Crippen LogP contribution in [0.25, 0.3) is 10.8 Å². The van der Waals surface area contributed by atoms with Crippen molar-refractivity contribution in [1.29, 1.82) is 0 Å². The lowest BCUT2D eigenvalue weighted by Gasteiger charge is -2.27. The van der Waals surface area contributed by atoms with E-state index in [0.29, 0.717) is 5.56 Å². The zero-order valence-corrected chi connectivity index (χ0v) is 19.4. The van der Waals surface area contributed by atoms with Crippen molar-refractivity contribution < 1.29 is 9.59 Å². The van der Waals surface area contributed by atoms with Gasteiger partial charge in [0.2, 0.25) is 0 Å². The number of aryl methyl sites for hydroxylation is 2. The quantitative estimate of drug-likeness (QED) is 0.593. The van der Waals surface area contributed by atoms with Crippen LogP contribution in [0.1, 0.15) is 51.1 Å². The zero-order valence-electron chi connectivity index (χ0n) is 19.4. The number of anilines is 2. The number of piperidine rings is 1. The fraction of sp³-hybridized carbons (Fsp3) is 0.333. The number of rotatable bonds is 4. The molecule has 32 heavy (non-hydrogen) atoms. The van der Waals surface area contributed by atoms with Crippen LogP contribution in [0.5, 0.6) is 0 Å². The summed E-state index contributed by atoms with van der Waals surface area (Å²) in [5, 5.41) is 5.48. The summed E-state index contributed by atoms with van der Waals surface area (Å²) < 4.78 is 0. The summed E-state index contributed by atoms with van der Waals surface area (Å²) in [5.41, 5.74) is 5.23. The molecule has 0 saturated carbocycles. The first-order valence-corrected chi connectivity index (χ1v) is 11.3. The highest BCUT2D eigenvalue weighted by molar-refractivity contribution is 6.12. The number of hydrogen-bond donors (Lipinski definition) is 1. The van der Waals surface area contributed by atoms with E-state index in [4.69, 9.17) is 0 Å². The van der Waals surface area contributed by atoms with Crippen LogP contribution in [0.3, 0.4) is 0 Å². The maximum absolute atomic E-state index is 13.3. The average molecular weight is 430 g/mol. The number of likely N-dealkylation sites (tertiary alicyclic amines) is 1. The first-order valence-electron chi connectivity index (χ1n) is 11.3. The van der Waals surface area contributed by atoms with Crippen LogP contribution in [-0.2, 0) is 0 Å². The fourth-order valence-electron chi connectivity index (χ4n) is 4.47.